The zero-order valence-electron chi connectivity index (χ0n) is 12.9. The van der Waals surface area contributed by atoms with Crippen molar-refractivity contribution in [2.24, 2.45) is 5.92 Å². The predicted octanol–water partition coefficient (Wildman–Crippen LogP) is 4.13. The van der Waals surface area contributed by atoms with E-state index in [-0.39, 0.29) is 5.82 Å². The van der Waals surface area contributed by atoms with Crippen LogP contribution in [0.2, 0.25) is 0 Å². The van der Waals surface area contributed by atoms with E-state index in [2.05, 4.69) is 46.2 Å². The smallest absolute Gasteiger partial charge is 0.124 e. The number of fused-ring (bicyclic) bond motifs is 1. The first-order valence-corrected chi connectivity index (χ1v) is 9.10. The van der Waals surface area contributed by atoms with Crippen LogP contribution in [0.15, 0.2) is 18.2 Å². The average Bonchev–Trinajstić information content (AvgIpc) is 2.46. The number of rotatable bonds is 2. The van der Waals surface area contributed by atoms with Gasteiger partial charge in [0.15, 0.2) is 0 Å². The van der Waals surface area contributed by atoms with Crippen LogP contribution in [0.1, 0.15) is 33.1 Å². The lowest BCUT2D eigenvalue weighted by molar-refractivity contribution is 0.100. The minimum atomic E-state index is -0.138. The molecular formula is C17H24FIN2. The van der Waals surface area contributed by atoms with E-state index >= 15 is 0 Å². The maximum atomic E-state index is 13.4. The fourth-order valence-corrected chi connectivity index (χ4v) is 4.56. The van der Waals surface area contributed by atoms with Crippen molar-refractivity contribution >= 4 is 28.3 Å². The SMILES string of the molecule is CC(C)C1CN2CCCCC2CN1c1ccc(F)cc1I. The normalized spacial score (nSPS) is 27.0. The van der Waals surface area contributed by atoms with E-state index in [0.29, 0.717) is 18.0 Å². The number of benzene rings is 1. The van der Waals surface area contributed by atoms with E-state index in [1.165, 1.54) is 31.5 Å². The van der Waals surface area contributed by atoms with Crippen LogP contribution in [0.25, 0.3) is 0 Å². The van der Waals surface area contributed by atoms with E-state index in [9.17, 15) is 4.39 Å². The zero-order valence-corrected chi connectivity index (χ0v) is 15.0. The van der Waals surface area contributed by atoms with Gasteiger partial charge in [-0.2, -0.15) is 0 Å². The summed E-state index contributed by atoms with van der Waals surface area (Å²) >= 11 is 2.27. The molecule has 0 N–H and O–H groups in total. The molecule has 4 heteroatoms. The Morgan fingerprint density at radius 3 is 2.76 bits per heavy atom. The molecule has 0 amide bonds. The zero-order chi connectivity index (χ0) is 15.0. The van der Waals surface area contributed by atoms with Gasteiger partial charge < -0.3 is 4.90 Å². The van der Waals surface area contributed by atoms with Crippen molar-refractivity contribution in [2.45, 2.75) is 45.2 Å². The first-order valence-electron chi connectivity index (χ1n) is 8.02. The third-order valence-electron chi connectivity index (χ3n) is 4.97. The van der Waals surface area contributed by atoms with Crippen molar-refractivity contribution in [3.63, 3.8) is 0 Å². The molecule has 3 rings (SSSR count). The Bertz CT molecular complexity index is 506. The molecule has 0 aromatic heterocycles. The van der Waals surface area contributed by atoms with Gasteiger partial charge in [0.05, 0.1) is 5.69 Å². The molecule has 0 bridgehead atoms. The summed E-state index contributed by atoms with van der Waals surface area (Å²) < 4.78 is 14.4. The first-order chi connectivity index (χ1) is 10.1. The second kappa shape index (κ2) is 6.41. The molecule has 0 saturated carbocycles. The van der Waals surface area contributed by atoms with Crippen LogP contribution in [0.5, 0.6) is 0 Å². The summed E-state index contributed by atoms with van der Waals surface area (Å²) in [6.45, 7) is 8.10. The molecule has 116 valence electrons. The molecule has 0 radical (unpaired) electrons. The highest BCUT2D eigenvalue weighted by Gasteiger charge is 2.36. The van der Waals surface area contributed by atoms with Crippen molar-refractivity contribution in [1.82, 2.24) is 4.90 Å². The van der Waals surface area contributed by atoms with Gasteiger partial charge in [-0.15, -0.1) is 0 Å². The Kier molecular flexibility index (Phi) is 4.74. The standard InChI is InChI=1S/C17H24FIN2/c1-12(2)17-11-20-8-4-3-5-14(20)10-21(17)16-7-6-13(18)9-15(16)19/h6-7,9,12,14,17H,3-5,8,10-11H2,1-2H3. The summed E-state index contributed by atoms with van der Waals surface area (Å²) in [5, 5.41) is 0. The maximum Gasteiger partial charge on any atom is 0.124 e. The van der Waals surface area contributed by atoms with E-state index in [1.807, 2.05) is 6.07 Å². The molecule has 0 spiro atoms. The lowest BCUT2D eigenvalue weighted by Crippen LogP contribution is -2.61. The number of hydrogen-bond donors (Lipinski definition) is 0. The van der Waals surface area contributed by atoms with Crippen molar-refractivity contribution in [3.8, 4) is 0 Å². The van der Waals surface area contributed by atoms with Crippen LogP contribution in [-0.4, -0.2) is 36.6 Å². The quantitative estimate of drug-likeness (QED) is 0.687. The van der Waals surface area contributed by atoms with Crippen molar-refractivity contribution in [3.05, 3.63) is 27.6 Å². The third-order valence-corrected chi connectivity index (χ3v) is 5.83. The summed E-state index contributed by atoms with van der Waals surface area (Å²) in [6.07, 6.45) is 4.00. The van der Waals surface area contributed by atoms with Crippen LogP contribution >= 0.6 is 22.6 Å². The highest BCUT2D eigenvalue weighted by molar-refractivity contribution is 14.1. The monoisotopic (exact) mass is 402 g/mol. The highest BCUT2D eigenvalue weighted by atomic mass is 127. The third kappa shape index (κ3) is 3.21. The van der Waals surface area contributed by atoms with Crippen molar-refractivity contribution < 1.29 is 4.39 Å². The van der Waals surface area contributed by atoms with Gasteiger partial charge in [0.25, 0.3) is 0 Å². The van der Waals surface area contributed by atoms with Gasteiger partial charge in [-0.1, -0.05) is 20.3 Å². The topological polar surface area (TPSA) is 6.48 Å². The number of piperazine rings is 1. The van der Waals surface area contributed by atoms with E-state index in [0.717, 1.165) is 16.7 Å². The van der Waals surface area contributed by atoms with E-state index in [1.54, 1.807) is 12.1 Å². The van der Waals surface area contributed by atoms with Crippen LogP contribution in [0, 0.1) is 15.3 Å². The second-order valence-electron chi connectivity index (χ2n) is 6.70. The Morgan fingerprint density at radius 2 is 2.05 bits per heavy atom. The van der Waals surface area contributed by atoms with Crippen LogP contribution in [-0.2, 0) is 0 Å². The summed E-state index contributed by atoms with van der Waals surface area (Å²) in [5.74, 6) is 0.467. The van der Waals surface area contributed by atoms with Gasteiger partial charge in [-0.25, -0.2) is 4.39 Å². The summed E-state index contributed by atoms with van der Waals surface area (Å²) in [6, 6.07) is 6.42. The molecule has 2 unspecified atom stereocenters. The molecule has 2 fully saturated rings. The second-order valence-corrected chi connectivity index (χ2v) is 7.87. The molecule has 2 atom stereocenters. The van der Waals surface area contributed by atoms with Gasteiger partial charge in [0.2, 0.25) is 0 Å². The van der Waals surface area contributed by atoms with Crippen molar-refractivity contribution in [1.29, 1.82) is 0 Å². The van der Waals surface area contributed by atoms with Crippen LogP contribution < -0.4 is 4.90 Å². The lowest BCUT2D eigenvalue weighted by Gasteiger charge is -2.51. The fourth-order valence-electron chi connectivity index (χ4n) is 3.77. The van der Waals surface area contributed by atoms with Gasteiger partial charge in [0.1, 0.15) is 5.82 Å². The Hall–Kier alpha value is -0.360. The van der Waals surface area contributed by atoms with Gasteiger partial charge in [-0.05, 0) is 66.1 Å². The first kappa shape index (κ1) is 15.5. The summed E-state index contributed by atoms with van der Waals surface area (Å²) in [4.78, 5) is 5.22. The molecule has 1 aromatic rings. The largest absolute Gasteiger partial charge is 0.365 e. The Morgan fingerprint density at radius 1 is 1.24 bits per heavy atom. The van der Waals surface area contributed by atoms with Gasteiger partial charge in [0, 0.05) is 28.7 Å². The minimum Gasteiger partial charge on any atom is -0.365 e. The number of anilines is 1. The van der Waals surface area contributed by atoms with Gasteiger partial charge >= 0.3 is 0 Å². The molecule has 2 nitrogen and oxygen atoms in total. The van der Waals surface area contributed by atoms with Crippen molar-refractivity contribution in [2.75, 3.05) is 24.5 Å². The van der Waals surface area contributed by atoms with Crippen LogP contribution in [0.4, 0.5) is 10.1 Å². The maximum absolute atomic E-state index is 13.4. The lowest BCUT2D eigenvalue weighted by atomic mass is 9.91. The molecule has 2 aliphatic heterocycles. The number of hydrogen-bond acceptors (Lipinski definition) is 2. The summed E-state index contributed by atoms with van der Waals surface area (Å²) in [7, 11) is 0. The van der Waals surface area contributed by atoms with Gasteiger partial charge in [-0.3, -0.25) is 4.90 Å². The minimum absolute atomic E-state index is 0.138. The summed E-state index contributed by atoms with van der Waals surface area (Å²) in [5.41, 5.74) is 1.21. The number of halogens is 2. The molecule has 0 aliphatic carbocycles. The molecule has 2 aliphatic rings. The number of piperidine rings is 1. The van der Waals surface area contributed by atoms with Crippen LogP contribution in [0.3, 0.4) is 0 Å². The van der Waals surface area contributed by atoms with E-state index < -0.39 is 0 Å². The van der Waals surface area contributed by atoms with E-state index in [4.69, 9.17) is 0 Å². The number of nitrogens with zero attached hydrogens (tertiary/aromatic N) is 2. The average molecular weight is 402 g/mol. The predicted molar refractivity (Wildman–Crippen MR) is 94.3 cm³/mol. The molecule has 2 heterocycles. The molecule has 21 heavy (non-hydrogen) atoms. The molecule has 2 saturated heterocycles. The Labute approximate surface area is 140 Å². The molecule has 1 aromatic carbocycles. The highest BCUT2D eigenvalue weighted by Crippen LogP contribution is 2.33. The Balaban J connectivity index is 1.90. The molecular weight excluding hydrogens is 378 g/mol. The fraction of sp³-hybridized carbons (Fsp3) is 0.647.